The molecular formula is C20H10N2S6. The lowest BCUT2D eigenvalue weighted by atomic mass is 10.4. The Morgan fingerprint density at radius 2 is 0.857 bits per heavy atom. The van der Waals surface area contributed by atoms with Crippen molar-refractivity contribution in [3.8, 4) is 0 Å². The third-order valence-corrected chi connectivity index (χ3v) is 13.4. The predicted octanol–water partition coefficient (Wildman–Crippen LogP) is 8.80. The fraction of sp³-hybridized carbons (Fsp3) is 0.100. The molecule has 28 heavy (non-hydrogen) atoms. The number of aryl methyl sites for hydroxylation is 2. The molecule has 8 heteroatoms. The summed E-state index contributed by atoms with van der Waals surface area (Å²) in [5, 5.41) is 4.43. The number of hydrogen-bond donors (Lipinski definition) is 0. The van der Waals surface area contributed by atoms with Gasteiger partial charge in [-0.3, -0.25) is 0 Å². The van der Waals surface area contributed by atoms with Gasteiger partial charge in [-0.25, -0.2) is 0 Å². The molecule has 0 aromatic carbocycles. The van der Waals surface area contributed by atoms with Crippen molar-refractivity contribution >= 4 is 137 Å². The Morgan fingerprint density at radius 3 is 1.29 bits per heavy atom. The number of hydrogen-bond acceptors (Lipinski definition) is 6. The van der Waals surface area contributed by atoms with Crippen LogP contribution < -0.4 is 0 Å². The third kappa shape index (κ3) is 1.53. The van der Waals surface area contributed by atoms with Crippen molar-refractivity contribution in [1.29, 1.82) is 0 Å². The van der Waals surface area contributed by atoms with Crippen molar-refractivity contribution in [2.45, 2.75) is 0 Å². The minimum atomic E-state index is 1.37. The lowest BCUT2D eigenvalue weighted by molar-refractivity contribution is 1.02. The van der Waals surface area contributed by atoms with Crippen LogP contribution in [0.1, 0.15) is 0 Å². The minimum Gasteiger partial charge on any atom is -0.341 e. The number of thiophene rings is 6. The lowest BCUT2D eigenvalue weighted by Crippen LogP contribution is -1.83. The van der Waals surface area contributed by atoms with Crippen LogP contribution in [0.4, 0.5) is 0 Å². The molecule has 0 aliphatic rings. The van der Waals surface area contributed by atoms with Gasteiger partial charge in [0.15, 0.2) is 0 Å². The van der Waals surface area contributed by atoms with Crippen LogP contribution in [-0.4, -0.2) is 9.13 Å². The van der Waals surface area contributed by atoms with Crippen LogP contribution >= 0.6 is 68.0 Å². The molecule has 0 N–H and O–H groups in total. The molecule has 2 nitrogen and oxygen atoms in total. The molecule has 0 amide bonds. The van der Waals surface area contributed by atoms with E-state index in [0.717, 1.165) is 0 Å². The molecule has 8 aromatic heterocycles. The molecule has 0 aliphatic heterocycles. The molecule has 0 aliphatic carbocycles. The lowest BCUT2D eigenvalue weighted by Gasteiger charge is -1.93. The Labute approximate surface area is 182 Å². The molecule has 0 radical (unpaired) electrons. The van der Waals surface area contributed by atoms with Gasteiger partial charge in [0.1, 0.15) is 0 Å². The highest BCUT2D eigenvalue weighted by molar-refractivity contribution is 7.48. The standard InChI is InChI=1S/C20H10N2S6/c1-21-7-3-5-23-11(7)13-9(21)15-17(25-13)19-20(27-15)18-16(28-19)10-14(26-18)12-8(22(10)2)4-6-24-12/h3-6H,1-2H3. The fourth-order valence-electron chi connectivity index (χ4n) is 4.53. The maximum absolute atomic E-state index is 2.40. The average molecular weight is 471 g/mol. The number of rotatable bonds is 0. The second kappa shape index (κ2) is 4.83. The summed E-state index contributed by atoms with van der Waals surface area (Å²) in [6.45, 7) is 0. The summed E-state index contributed by atoms with van der Waals surface area (Å²) in [4.78, 5) is 0. The molecule has 0 fully saturated rings. The zero-order valence-corrected chi connectivity index (χ0v) is 19.6. The number of fused-ring (bicyclic) bond motifs is 13. The van der Waals surface area contributed by atoms with Crippen molar-refractivity contribution < 1.29 is 0 Å². The summed E-state index contributed by atoms with van der Waals surface area (Å²) in [7, 11) is 4.44. The van der Waals surface area contributed by atoms with Crippen molar-refractivity contribution in [3.05, 3.63) is 22.9 Å². The van der Waals surface area contributed by atoms with Gasteiger partial charge in [0, 0.05) is 14.1 Å². The third-order valence-electron chi connectivity index (χ3n) is 5.80. The Balaban J connectivity index is 1.60. The normalized spacial score (nSPS) is 13.4. The van der Waals surface area contributed by atoms with Gasteiger partial charge < -0.3 is 9.13 Å². The van der Waals surface area contributed by atoms with Gasteiger partial charge >= 0.3 is 0 Å². The Bertz CT molecular complexity index is 1760. The zero-order valence-electron chi connectivity index (χ0n) is 14.7. The van der Waals surface area contributed by atoms with Crippen LogP contribution in [0.5, 0.6) is 0 Å². The van der Waals surface area contributed by atoms with Crippen molar-refractivity contribution in [1.82, 2.24) is 9.13 Å². The maximum atomic E-state index is 2.40. The predicted molar refractivity (Wildman–Crippen MR) is 134 cm³/mol. The van der Waals surface area contributed by atoms with Gasteiger partial charge in [0.25, 0.3) is 0 Å². The van der Waals surface area contributed by atoms with Crippen molar-refractivity contribution in [3.63, 3.8) is 0 Å². The van der Waals surface area contributed by atoms with Gasteiger partial charge in [0.05, 0.1) is 69.1 Å². The zero-order chi connectivity index (χ0) is 18.3. The number of aromatic nitrogens is 2. The summed E-state index contributed by atoms with van der Waals surface area (Å²) in [5.74, 6) is 0. The van der Waals surface area contributed by atoms with Crippen LogP contribution in [0.25, 0.3) is 69.1 Å². The van der Waals surface area contributed by atoms with Gasteiger partial charge in [-0.05, 0) is 22.9 Å². The van der Waals surface area contributed by atoms with Crippen LogP contribution in [0.2, 0.25) is 0 Å². The van der Waals surface area contributed by atoms with Gasteiger partial charge in [0.2, 0.25) is 0 Å². The molecule has 0 saturated carbocycles. The van der Waals surface area contributed by atoms with E-state index < -0.39 is 0 Å². The van der Waals surface area contributed by atoms with E-state index in [4.69, 9.17) is 0 Å². The first-order valence-electron chi connectivity index (χ1n) is 8.80. The second-order valence-electron chi connectivity index (χ2n) is 7.13. The summed E-state index contributed by atoms with van der Waals surface area (Å²) < 4.78 is 19.6. The highest BCUT2D eigenvalue weighted by Crippen LogP contribution is 2.56. The summed E-state index contributed by atoms with van der Waals surface area (Å²) in [5.41, 5.74) is 5.62. The Morgan fingerprint density at radius 1 is 0.500 bits per heavy atom. The summed E-state index contributed by atoms with van der Waals surface area (Å²) >= 11 is 11.8. The van der Waals surface area contributed by atoms with Crippen molar-refractivity contribution in [2.24, 2.45) is 14.1 Å². The van der Waals surface area contributed by atoms with Crippen LogP contribution in [-0.2, 0) is 14.1 Å². The van der Waals surface area contributed by atoms with Gasteiger partial charge in [-0.1, -0.05) is 0 Å². The fourth-order valence-corrected chi connectivity index (χ4v) is 12.9. The summed E-state index contributed by atoms with van der Waals surface area (Å²) in [6, 6.07) is 4.51. The molecule has 8 rings (SSSR count). The van der Waals surface area contributed by atoms with Crippen LogP contribution in [0.15, 0.2) is 22.9 Å². The topological polar surface area (TPSA) is 9.86 Å². The molecular weight excluding hydrogens is 461 g/mol. The monoisotopic (exact) mass is 470 g/mol. The molecule has 8 heterocycles. The second-order valence-corrected chi connectivity index (χ2v) is 13.0. The molecule has 8 aromatic rings. The van der Waals surface area contributed by atoms with Crippen LogP contribution in [0, 0.1) is 0 Å². The van der Waals surface area contributed by atoms with E-state index in [2.05, 4.69) is 46.1 Å². The Hall–Kier alpha value is -1.42. The van der Waals surface area contributed by atoms with E-state index in [9.17, 15) is 0 Å². The molecule has 0 spiro atoms. The van der Waals surface area contributed by atoms with Gasteiger partial charge in [-0.15, -0.1) is 68.0 Å². The van der Waals surface area contributed by atoms with E-state index in [0.29, 0.717) is 0 Å². The molecule has 0 saturated heterocycles. The van der Waals surface area contributed by atoms with E-state index in [1.54, 1.807) is 0 Å². The smallest absolute Gasteiger partial charge is 0.0789 e. The molecule has 0 unspecified atom stereocenters. The first kappa shape index (κ1) is 15.4. The first-order chi connectivity index (χ1) is 13.7. The van der Waals surface area contributed by atoms with Crippen LogP contribution in [0.3, 0.4) is 0 Å². The first-order valence-corrected chi connectivity index (χ1v) is 13.8. The minimum absolute atomic E-state index is 1.37. The quantitative estimate of drug-likeness (QED) is 0.209. The molecule has 136 valence electrons. The SMILES string of the molecule is Cn1c2ccsc2c2sc3c4sc5c(sc6c7sccc7n(C)c56)c4sc3c21. The average Bonchev–Trinajstić information content (AvgIpc) is 3.47. The largest absolute Gasteiger partial charge is 0.341 e. The van der Waals surface area contributed by atoms with E-state index in [1.807, 2.05) is 68.0 Å². The highest BCUT2D eigenvalue weighted by atomic mass is 32.1. The van der Waals surface area contributed by atoms with E-state index in [-0.39, 0.29) is 0 Å². The maximum Gasteiger partial charge on any atom is 0.0789 e. The number of nitrogens with zero attached hydrogens (tertiary/aromatic N) is 2. The van der Waals surface area contributed by atoms with E-state index >= 15 is 0 Å². The molecule has 0 atom stereocenters. The molecule has 0 bridgehead atoms. The van der Waals surface area contributed by atoms with E-state index in [1.165, 1.54) is 69.1 Å². The highest BCUT2D eigenvalue weighted by Gasteiger charge is 2.25. The van der Waals surface area contributed by atoms with Crippen molar-refractivity contribution in [2.75, 3.05) is 0 Å². The van der Waals surface area contributed by atoms with Gasteiger partial charge in [-0.2, -0.15) is 0 Å². The summed E-state index contributed by atoms with van der Waals surface area (Å²) in [6.07, 6.45) is 0. The Kier molecular flexibility index (Phi) is 2.66.